The quantitative estimate of drug-likeness (QED) is 0.585. The average Bonchev–Trinajstić information content (AvgIpc) is 3.42. The van der Waals surface area contributed by atoms with Crippen molar-refractivity contribution in [1.29, 1.82) is 0 Å². The molecule has 0 spiro atoms. The molecule has 2 aromatic heterocycles. The highest BCUT2D eigenvalue weighted by Gasteiger charge is 2.22. The number of imide groups is 1. The Labute approximate surface area is 178 Å². The van der Waals surface area contributed by atoms with Gasteiger partial charge in [-0.25, -0.2) is 4.79 Å². The van der Waals surface area contributed by atoms with Crippen molar-refractivity contribution in [2.45, 2.75) is 50.9 Å². The minimum Gasteiger partial charge on any atom is -0.376 e. The molecule has 2 N–H and O–H groups in total. The molecule has 1 aliphatic rings. The smallest absolute Gasteiger partial charge is 0.321 e. The van der Waals surface area contributed by atoms with Crippen LogP contribution >= 0.6 is 23.1 Å². The van der Waals surface area contributed by atoms with E-state index in [9.17, 15) is 9.59 Å². The first-order valence-electron chi connectivity index (χ1n) is 9.82. The number of ether oxygens (including phenoxy) is 1. The summed E-state index contributed by atoms with van der Waals surface area (Å²) >= 11 is 2.87. The van der Waals surface area contributed by atoms with Crippen LogP contribution in [0.1, 0.15) is 33.1 Å². The highest BCUT2D eigenvalue weighted by atomic mass is 32.2. The maximum Gasteiger partial charge on any atom is 0.321 e. The molecular weight excluding hydrogens is 410 g/mol. The monoisotopic (exact) mass is 437 g/mol. The summed E-state index contributed by atoms with van der Waals surface area (Å²) in [5.41, 5.74) is 0. The van der Waals surface area contributed by atoms with Crippen molar-refractivity contribution in [3.05, 3.63) is 17.5 Å². The third-order valence-electron chi connectivity index (χ3n) is 4.46. The number of aromatic nitrogens is 3. The van der Waals surface area contributed by atoms with Crippen LogP contribution < -0.4 is 10.6 Å². The number of nitrogens with zero attached hydrogens (tertiary/aromatic N) is 3. The van der Waals surface area contributed by atoms with E-state index in [1.807, 2.05) is 22.1 Å². The second-order valence-corrected chi connectivity index (χ2v) is 9.19. The fraction of sp³-hybridized carbons (Fsp3) is 0.579. The zero-order valence-corrected chi connectivity index (χ0v) is 18.4. The third-order valence-corrected chi connectivity index (χ3v) is 6.29. The van der Waals surface area contributed by atoms with Crippen LogP contribution in [0.5, 0.6) is 0 Å². The molecule has 0 bridgehead atoms. The summed E-state index contributed by atoms with van der Waals surface area (Å²) in [4.78, 5) is 25.0. The molecule has 3 amide bonds. The molecule has 1 unspecified atom stereocenters. The summed E-state index contributed by atoms with van der Waals surface area (Å²) in [6, 6.07) is 3.52. The topological polar surface area (TPSA) is 98.1 Å². The summed E-state index contributed by atoms with van der Waals surface area (Å²) in [5, 5.41) is 16.3. The van der Waals surface area contributed by atoms with E-state index in [1.165, 1.54) is 11.8 Å². The van der Waals surface area contributed by atoms with Crippen LogP contribution in [-0.4, -0.2) is 51.7 Å². The van der Waals surface area contributed by atoms with Gasteiger partial charge in [-0.3, -0.25) is 14.7 Å². The van der Waals surface area contributed by atoms with Crippen LogP contribution in [0.4, 0.5) is 4.79 Å². The first kappa shape index (κ1) is 21.8. The van der Waals surface area contributed by atoms with E-state index in [-0.39, 0.29) is 17.8 Å². The lowest BCUT2D eigenvalue weighted by atomic mass is 10.1. The molecule has 10 heteroatoms. The van der Waals surface area contributed by atoms with Gasteiger partial charge in [-0.15, -0.1) is 21.5 Å². The van der Waals surface area contributed by atoms with Gasteiger partial charge in [0.25, 0.3) is 0 Å². The lowest BCUT2D eigenvalue weighted by molar-refractivity contribution is -0.117. The molecule has 29 heavy (non-hydrogen) atoms. The number of hydrogen-bond acceptors (Lipinski definition) is 7. The highest BCUT2D eigenvalue weighted by Crippen LogP contribution is 2.28. The molecular formula is C19H27N5O3S2. The number of nitrogens with one attached hydrogen (secondary N) is 2. The van der Waals surface area contributed by atoms with Crippen molar-refractivity contribution in [2.24, 2.45) is 5.92 Å². The molecule has 1 atom stereocenters. The standard InChI is InChI=1S/C19H27N5O3S2/c1-13(2)7-8-20-18(26)21-16(25)12-29-19-23-22-17(15-6-4-10-28-15)24(19)11-14-5-3-9-27-14/h4,6,10,13-14H,3,5,7-9,11-12H2,1-2H3,(H2,20,21,25,26). The molecule has 0 aromatic carbocycles. The van der Waals surface area contributed by atoms with Gasteiger partial charge in [0.15, 0.2) is 11.0 Å². The normalized spacial score (nSPS) is 16.3. The van der Waals surface area contributed by atoms with Crippen LogP contribution in [0.3, 0.4) is 0 Å². The number of thioether (sulfide) groups is 1. The Balaban J connectivity index is 1.58. The van der Waals surface area contributed by atoms with E-state index in [0.717, 1.165) is 36.6 Å². The molecule has 1 aliphatic heterocycles. The Morgan fingerprint density at radius 3 is 2.97 bits per heavy atom. The van der Waals surface area contributed by atoms with Gasteiger partial charge in [0.2, 0.25) is 5.91 Å². The summed E-state index contributed by atoms with van der Waals surface area (Å²) in [6.45, 7) is 6.14. The SMILES string of the molecule is CC(C)CCNC(=O)NC(=O)CSc1nnc(-c2cccs2)n1CC1CCCO1. The van der Waals surface area contributed by atoms with Crippen molar-refractivity contribution in [1.82, 2.24) is 25.4 Å². The minimum absolute atomic E-state index is 0.0890. The summed E-state index contributed by atoms with van der Waals surface area (Å²) in [6.07, 6.45) is 3.06. The molecule has 2 aromatic rings. The number of thiophene rings is 1. The second-order valence-electron chi connectivity index (χ2n) is 7.30. The van der Waals surface area contributed by atoms with Crippen LogP contribution in [0, 0.1) is 5.92 Å². The van der Waals surface area contributed by atoms with Crippen molar-refractivity contribution in [3.8, 4) is 10.7 Å². The Morgan fingerprint density at radius 1 is 1.41 bits per heavy atom. The van der Waals surface area contributed by atoms with E-state index in [4.69, 9.17) is 4.74 Å². The van der Waals surface area contributed by atoms with E-state index in [1.54, 1.807) is 11.3 Å². The van der Waals surface area contributed by atoms with E-state index in [2.05, 4.69) is 34.7 Å². The molecule has 1 fully saturated rings. The molecule has 8 nitrogen and oxygen atoms in total. The fourth-order valence-corrected chi connectivity index (χ4v) is 4.42. The Kier molecular flexibility index (Phi) is 8.08. The Bertz CT molecular complexity index is 801. The van der Waals surface area contributed by atoms with E-state index < -0.39 is 6.03 Å². The number of amides is 3. The first-order valence-corrected chi connectivity index (χ1v) is 11.7. The molecule has 3 heterocycles. The lowest BCUT2D eigenvalue weighted by Gasteiger charge is -2.14. The van der Waals surface area contributed by atoms with Gasteiger partial charge >= 0.3 is 6.03 Å². The molecule has 158 valence electrons. The Hall–Kier alpha value is -1.91. The zero-order valence-electron chi connectivity index (χ0n) is 16.7. The largest absolute Gasteiger partial charge is 0.376 e. The van der Waals surface area contributed by atoms with Gasteiger partial charge in [0.1, 0.15) is 0 Å². The average molecular weight is 438 g/mol. The first-order chi connectivity index (χ1) is 14.0. The summed E-state index contributed by atoms with van der Waals surface area (Å²) in [7, 11) is 0. The molecule has 0 saturated carbocycles. The minimum atomic E-state index is -0.462. The van der Waals surface area contributed by atoms with E-state index in [0.29, 0.717) is 24.2 Å². The van der Waals surface area contributed by atoms with Gasteiger partial charge in [-0.2, -0.15) is 0 Å². The van der Waals surface area contributed by atoms with Gasteiger partial charge in [0.05, 0.1) is 23.3 Å². The lowest BCUT2D eigenvalue weighted by Crippen LogP contribution is -2.40. The maximum atomic E-state index is 12.1. The van der Waals surface area contributed by atoms with Crippen molar-refractivity contribution < 1.29 is 14.3 Å². The van der Waals surface area contributed by atoms with Crippen molar-refractivity contribution in [3.63, 3.8) is 0 Å². The van der Waals surface area contributed by atoms with Crippen LogP contribution in [0.15, 0.2) is 22.7 Å². The number of carbonyl (C=O) groups excluding carboxylic acids is 2. The molecule has 1 saturated heterocycles. The fourth-order valence-electron chi connectivity index (χ4n) is 2.95. The van der Waals surface area contributed by atoms with Gasteiger partial charge < -0.3 is 10.1 Å². The number of urea groups is 1. The van der Waals surface area contributed by atoms with Crippen LogP contribution in [-0.2, 0) is 16.1 Å². The maximum absolute atomic E-state index is 12.1. The van der Waals surface area contributed by atoms with Crippen LogP contribution in [0.2, 0.25) is 0 Å². The zero-order chi connectivity index (χ0) is 20.6. The van der Waals surface area contributed by atoms with E-state index >= 15 is 0 Å². The number of hydrogen-bond donors (Lipinski definition) is 2. The highest BCUT2D eigenvalue weighted by molar-refractivity contribution is 7.99. The van der Waals surface area contributed by atoms with Gasteiger partial charge in [-0.1, -0.05) is 31.7 Å². The Morgan fingerprint density at radius 2 is 2.28 bits per heavy atom. The third kappa shape index (κ3) is 6.55. The summed E-state index contributed by atoms with van der Waals surface area (Å²) < 4.78 is 7.79. The predicted octanol–water partition coefficient (Wildman–Crippen LogP) is 3.15. The number of rotatable bonds is 9. The predicted molar refractivity (Wildman–Crippen MR) is 114 cm³/mol. The molecule has 0 aliphatic carbocycles. The number of carbonyl (C=O) groups is 2. The van der Waals surface area contributed by atoms with Crippen molar-refractivity contribution in [2.75, 3.05) is 18.9 Å². The molecule has 0 radical (unpaired) electrons. The summed E-state index contributed by atoms with van der Waals surface area (Å²) in [5.74, 6) is 1.01. The van der Waals surface area contributed by atoms with Crippen molar-refractivity contribution >= 4 is 35.0 Å². The van der Waals surface area contributed by atoms with Crippen LogP contribution in [0.25, 0.3) is 10.7 Å². The van der Waals surface area contributed by atoms with Gasteiger partial charge in [0, 0.05) is 13.2 Å². The second kappa shape index (κ2) is 10.7. The molecule has 3 rings (SSSR count). The van der Waals surface area contributed by atoms with Gasteiger partial charge in [-0.05, 0) is 36.6 Å².